The molecule has 0 bridgehead atoms. The number of hydrogen-bond acceptors (Lipinski definition) is 3. The minimum Gasteiger partial charge on any atom is -0.354 e. The van der Waals surface area contributed by atoms with Gasteiger partial charge in [-0.05, 0) is 36.5 Å². The van der Waals surface area contributed by atoms with Gasteiger partial charge in [-0.3, -0.25) is 0 Å². The Bertz CT molecular complexity index is 683. The Morgan fingerprint density at radius 3 is 2.50 bits per heavy atom. The molecule has 0 saturated heterocycles. The summed E-state index contributed by atoms with van der Waals surface area (Å²) >= 11 is 1.74. The topological polar surface area (TPSA) is 24.9 Å². The zero-order valence-corrected chi connectivity index (χ0v) is 11.9. The highest BCUT2D eigenvalue weighted by molar-refractivity contribution is 7.22. The zero-order chi connectivity index (χ0) is 13.4. The lowest BCUT2D eigenvalue weighted by molar-refractivity contribution is 0.678. The fourth-order valence-electron chi connectivity index (χ4n) is 2.63. The Morgan fingerprint density at radius 1 is 1.00 bits per heavy atom. The lowest BCUT2D eigenvalue weighted by atomic mass is 10.0. The van der Waals surface area contributed by atoms with E-state index in [0.29, 0.717) is 6.04 Å². The molecular weight excluding hydrogens is 264 g/mol. The number of benzene rings is 2. The van der Waals surface area contributed by atoms with Gasteiger partial charge in [0.1, 0.15) is 0 Å². The summed E-state index contributed by atoms with van der Waals surface area (Å²) in [6.45, 7) is 0. The summed E-state index contributed by atoms with van der Waals surface area (Å²) in [5, 5.41) is 4.69. The number of thiazole rings is 1. The molecule has 1 atom stereocenters. The molecule has 1 unspecified atom stereocenters. The lowest BCUT2D eigenvalue weighted by Gasteiger charge is -2.17. The predicted octanol–water partition coefficient (Wildman–Crippen LogP) is 4.86. The van der Waals surface area contributed by atoms with Crippen LogP contribution in [0.5, 0.6) is 0 Å². The monoisotopic (exact) mass is 280 g/mol. The highest BCUT2D eigenvalue weighted by atomic mass is 32.1. The molecule has 3 aromatic rings. The first-order valence-corrected chi connectivity index (χ1v) is 7.89. The predicted molar refractivity (Wildman–Crippen MR) is 85.1 cm³/mol. The van der Waals surface area contributed by atoms with Crippen molar-refractivity contribution in [2.75, 3.05) is 5.32 Å². The molecule has 1 N–H and O–H groups in total. The molecule has 0 radical (unpaired) electrons. The number of nitrogens with one attached hydrogen (secondary N) is 1. The van der Waals surface area contributed by atoms with Gasteiger partial charge in [0.05, 0.1) is 16.3 Å². The Balaban J connectivity index is 1.65. The van der Waals surface area contributed by atoms with Crippen LogP contribution in [-0.4, -0.2) is 4.98 Å². The highest BCUT2D eigenvalue weighted by Crippen LogP contribution is 2.43. The Labute approximate surface area is 122 Å². The summed E-state index contributed by atoms with van der Waals surface area (Å²) in [7, 11) is 0. The molecule has 1 fully saturated rings. The van der Waals surface area contributed by atoms with E-state index in [2.05, 4.69) is 53.8 Å². The summed E-state index contributed by atoms with van der Waals surface area (Å²) < 4.78 is 1.25. The maximum atomic E-state index is 4.70. The van der Waals surface area contributed by atoms with Crippen molar-refractivity contribution in [2.24, 2.45) is 5.92 Å². The van der Waals surface area contributed by atoms with Crippen molar-refractivity contribution in [3.05, 3.63) is 60.2 Å². The van der Waals surface area contributed by atoms with E-state index >= 15 is 0 Å². The van der Waals surface area contributed by atoms with E-state index < -0.39 is 0 Å². The van der Waals surface area contributed by atoms with Gasteiger partial charge in [0.2, 0.25) is 0 Å². The van der Waals surface area contributed by atoms with E-state index in [4.69, 9.17) is 4.98 Å². The van der Waals surface area contributed by atoms with Crippen molar-refractivity contribution in [3.8, 4) is 0 Å². The van der Waals surface area contributed by atoms with E-state index in [-0.39, 0.29) is 0 Å². The average Bonchev–Trinajstić information content (AvgIpc) is 3.25. The molecule has 1 saturated carbocycles. The van der Waals surface area contributed by atoms with Gasteiger partial charge in [-0.15, -0.1) is 0 Å². The van der Waals surface area contributed by atoms with Crippen molar-refractivity contribution in [3.63, 3.8) is 0 Å². The summed E-state index contributed by atoms with van der Waals surface area (Å²) in [5.41, 5.74) is 2.46. The van der Waals surface area contributed by atoms with Gasteiger partial charge < -0.3 is 5.32 Å². The standard InChI is InChI=1S/C17H16N2S/c1-2-6-12(7-3-1)16(13-10-11-13)19-17-18-14-8-4-5-9-15(14)20-17/h1-9,13,16H,10-11H2,(H,18,19). The van der Waals surface area contributed by atoms with Crippen LogP contribution in [-0.2, 0) is 0 Å². The van der Waals surface area contributed by atoms with E-state index in [0.717, 1.165) is 16.6 Å². The number of nitrogens with zero attached hydrogens (tertiary/aromatic N) is 1. The van der Waals surface area contributed by atoms with E-state index in [1.54, 1.807) is 11.3 Å². The summed E-state index contributed by atoms with van der Waals surface area (Å²) in [6.07, 6.45) is 2.63. The number of rotatable bonds is 4. The number of hydrogen-bond donors (Lipinski definition) is 1. The van der Waals surface area contributed by atoms with Gasteiger partial charge >= 0.3 is 0 Å². The number of para-hydroxylation sites is 1. The third-order valence-corrected chi connectivity index (χ3v) is 4.79. The van der Waals surface area contributed by atoms with Crippen molar-refractivity contribution in [1.82, 2.24) is 4.98 Å². The molecule has 4 rings (SSSR count). The van der Waals surface area contributed by atoms with Crippen LogP contribution in [0, 0.1) is 5.92 Å². The molecule has 100 valence electrons. The fraction of sp³-hybridized carbons (Fsp3) is 0.235. The Morgan fingerprint density at radius 2 is 1.75 bits per heavy atom. The van der Waals surface area contributed by atoms with Crippen molar-refractivity contribution < 1.29 is 0 Å². The molecule has 1 aromatic heterocycles. The average molecular weight is 280 g/mol. The van der Waals surface area contributed by atoms with Gasteiger partial charge in [0.15, 0.2) is 5.13 Å². The molecule has 0 amide bonds. The van der Waals surface area contributed by atoms with Crippen LogP contribution < -0.4 is 5.32 Å². The maximum absolute atomic E-state index is 4.70. The van der Waals surface area contributed by atoms with Gasteiger partial charge in [-0.25, -0.2) is 4.98 Å². The zero-order valence-electron chi connectivity index (χ0n) is 11.1. The molecule has 1 aliphatic rings. The van der Waals surface area contributed by atoms with Crippen molar-refractivity contribution >= 4 is 26.7 Å². The quantitative estimate of drug-likeness (QED) is 0.738. The van der Waals surface area contributed by atoms with Crippen LogP contribution in [0.2, 0.25) is 0 Å². The second-order valence-electron chi connectivity index (χ2n) is 5.36. The maximum Gasteiger partial charge on any atom is 0.184 e. The fourth-order valence-corrected chi connectivity index (χ4v) is 3.53. The second-order valence-corrected chi connectivity index (χ2v) is 6.39. The number of aromatic nitrogens is 1. The molecule has 1 aliphatic carbocycles. The summed E-state index contributed by atoms with van der Waals surface area (Å²) in [4.78, 5) is 4.70. The van der Waals surface area contributed by atoms with Crippen LogP contribution in [0.25, 0.3) is 10.2 Å². The smallest absolute Gasteiger partial charge is 0.184 e. The molecule has 2 aromatic carbocycles. The number of fused-ring (bicyclic) bond motifs is 1. The summed E-state index contributed by atoms with van der Waals surface area (Å²) in [6, 6.07) is 19.4. The van der Waals surface area contributed by atoms with Crippen LogP contribution >= 0.6 is 11.3 Å². The van der Waals surface area contributed by atoms with Gasteiger partial charge in [0.25, 0.3) is 0 Å². The number of anilines is 1. The highest BCUT2D eigenvalue weighted by Gasteiger charge is 2.32. The first kappa shape index (κ1) is 11.9. The van der Waals surface area contributed by atoms with E-state index in [1.807, 2.05) is 6.07 Å². The van der Waals surface area contributed by atoms with Crippen LogP contribution in [0.15, 0.2) is 54.6 Å². The Kier molecular flexibility index (Phi) is 2.92. The first-order chi connectivity index (χ1) is 9.90. The van der Waals surface area contributed by atoms with E-state index in [1.165, 1.54) is 23.1 Å². The molecule has 2 nitrogen and oxygen atoms in total. The third kappa shape index (κ3) is 2.29. The first-order valence-electron chi connectivity index (χ1n) is 7.07. The summed E-state index contributed by atoms with van der Waals surface area (Å²) in [5.74, 6) is 0.754. The van der Waals surface area contributed by atoms with Crippen molar-refractivity contribution in [2.45, 2.75) is 18.9 Å². The molecule has 20 heavy (non-hydrogen) atoms. The van der Waals surface area contributed by atoms with Crippen LogP contribution in [0.3, 0.4) is 0 Å². The van der Waals surface area contributed by atoms with Gasteiger partial charge in [-0.1, -0.05) is 53.8 Å². The largest absolute Gasteiger partial charge is 0.354 e. The van der Waals surface area contributed by atoms with Gasteiger partial charge in [-0.2, -0.15) is 0 Å². The van der Waals surface area contributed by atoms with Gasteiger partial charge in [0, 0.05) is 0 Å². The van der Waals surface area contributed by atoms with E-state index in [9.17, 15) is 0 Å². The van der Waals surface area contributed by atoms with Crippen LogP contribution in [0.4, 0.5) is 5.13 Å². The third-order valence-electron chi connectivity index (χ3n) is 3.82. The SMILES string of the molecule is c1ccc(C(Nc2nc3ccccc3s2)C2CC2)cc1. The normalized spacial score (nSPS) is 16.2. The minimum atomic E-state index is 0.400. The molecule has 1 heterocycles. The lowest BCUT2D eigenvalue weighted by Crippen LogP contribution is -2.12. The molecule has 0 spiro atoms. The molecule has 0 aliphatic heterocycles. The minimum absolute atomic E-state index is 0.400. The molecule has 3 heteroatoms. The van der Waals surface area contributed by atoms with Crippen molar-refractivity contribution in [1.29, 1.82) is 0 Å². The Hall–Kier alpha value is -1.87. The second kappa shape index (κ2) is 4.91. The molecular formula is C17H16N2S. The van der Waals surface area contributed by atoms with Crippen LogP contribution in [0.1, 0.15) is 24.4 Å².